The zero-order chi connectivity index (χ0) is 40.9. The van der Waals surface area contributed by atoms with Crippen LogP contribution in [0.3, 0.4) is 0 Å². The number of carbonyl (C=O) groups is 1. The molecule has 5 fully saturated rings. The van der Waals surface area contributed by atoms with Crippen molar-refractivity contribution in [2.45, 2.75) is 165 Å². The van der Waals surface area contributed by atoms with Gasteiger partial charge in [-0.1, -0.05) is 73.1 Å². The normalized spacial score (nSPS) is 37.4. The van der Waals surface area contributed by atoms with Gasteiger partial charge in [-0.15, -0.1) is 6.58 Å². The van der Waals surface area contributed by atoms with Crippen molar-refractivity contribution in [1.29, 1.82) is 0 Å². The number of nitrogens with one attached hydrogen (secondary N) is 1. The Morgan fingerprint density at radius 3 is 2.29 bits per heavy atom. The number of hydrogen-bond acceptors (Lipinski definition) is 4. The highest BCUT2D eigenvalue weighted by atomic mass is 32.2. The second-order valence-electron chi connectivity index (χ2n) is 20.2. The first-order valence-electron chi connectivity index (χ1n) is 22.5. The number of carboxylic acids is 1. The summed E-state index contributed by atoms with van der Waals surface area (Å²) in [7, 11) is -0.636. The average Bonchev–Trinajstić information content (AvgIpc) is 3.55. The van der Waals surface area contributed by atoms with E-state index in [9.17, 15) is 18.5 Å². The molecule has 316 valence electrons. The molecule has 6 rings (SSSR count). The summed E-state index contributed by atoms with van der Waals surface area (Å²) in [5, 5.41) is 13.4. The predicted molar refractivity (Wildman–Crippen MR) is 233 cm³/mol. The van der Waals surface area contributed by atoms with Crippen LogP contribution in [0.1, 0.15) is 159 Å². The summed E-state index contributed by atoms with van der Waals surface area (Å²) in [5.74, 6) is 3.78. The molecule has 1 saturated heterocycles. The fourth-order valence-electron chi connectivity index (χ4n) is 14.1. The van der Waals surface area contributed by atoms with E-state index in [2.05, 4.69) is 77.4 Å². The number of fused-ring (bicyclic) bond motifs is 7. The van der Waals surface area contributed by atoms with Crippen LogP contribution >= 0.6 is 0 Å². The molecule has 0 aromatic rings. The minimum atomic E-state index is -0.749. The molecule has 7 heteroatoms. The smallest absolute Gasteiger partial charge is 0.303 e. The molecule has 2 N–H and O–H groups in total. The van der Waals surface area contributed by atoms with Gasteiger partial charge in [-0.05, 0) is 160 Å². The second-order valence-corrected chi connectivity index (χ2v) is 21.9. The lowest BCUT2D eigenvalue weighted by Gasteiger charge is -2.72. The third-order valence-corrected chi connectivity index (χ3v) is 18.1. The minimum absolute atomic E-state index is 0.0185. The number of nitrogens with zero attached hydrogens (tertiary/aromatic N) is 1. The van der Waals surface area contributed by atoms with E-state index in [-0.39, 0.29) is 29.5 Å². The topological polar surface area (TPSA) is 69.6 Å². The van der Waals surface area contributed by atoms with E-state index in [0.717, 1.165) is 62.4 Å². The molecule has 6 aliphatic rings. The lowest BCUT2D eigenvalue weighted by molar-refractivity contribution is -0.223. The lowest BCUT2D eigenvalue weighted by atomic mass is 9.32. The lowest BCUT2D eigenvalue weighted by Crippen LogP contribution is -2.65. The molecule has 55 heavy (non-hydrogen) atoms. The molecule has 0 aromatic carbocycles. The molecule has 5 nitrogen and oxygen atoms in total. The van der Waals surface area contributed by atoms with Crippen LogP contribution in [0.2, 0.25) is 0 Å². The van der Waals surface area contributed by atoms with Crippen molar-refractivity contribution in [2.75, 3.05) is 44.4 Å². The summed E-state index contributed by atoms with van der Waals surface area (Å²) in [6, 6.07) is 0. The fraction of sp³-hybridized carbons (Fsp3) is 0.854. The van der Waals surface area contributed by atoms with E-state index in [1.54, 1.807) is 6.08 Å². The molecule has 0 amide bonds. The number of hydrogen-bond donors (Lipinski definition) is 2. The summed E-state index contributed by atoms with van der Waals surface area (Å²) < 4.78 is 25.4. The molecular formula is C48H83FN2O3S. The van der Waals surface area contributed by atoms with Gasteiger partial charge in [0.05, 0.1) is 6.67 Å². The Kier molecular flexibility index (Phi) is 15.8. The highest BCUT2D eigenvalue weighted by Crippen LogP contribution is 2.76. The molecule has 2 unspecified atom stereocenters. The van der Waals surface area contributed by atoms with Gasteiger partial charge in [-0.2, -0.15) is 0 Å². The highest BCUT2D eigenvalue weighted by Gasteiger charge is 2.69. The van der Waals surface area contributed by atoms with Gasteiger partial charge < -0.3 is 10.4 Å². The Balaban J connectivity index is 0.00000128. The number of rotatable bonds is 12. The molecular weight excluding hydrogens is 704 g/mol. The molecule has 0 spiro atoms. The van der Waals surface area contributed by atoms with Crippen LogP contribution in [-0.2, 0) is 15.6 Å². The highest BCUT2D eigenvalue weighted by molar-refractivity contribution is 7.85. The molecule has 1 heterocycles. The Hall–Kier alpha value is -1.31. The van der Waals surface area contributed by atoms with E-state index < -0.39 is 16.8 Å². The van der Waals surface area contributed by atoms with Crippen molar-refractivity contribution < 1.29 is 18.5 Å². The largest absolute Gasteiger partial charge is 0.481 e. The molecule has 0 bridgehead atoms. The van der Waals surface area contributed by atoms with Crippen LogP contribution in [-0.4, -0.2) is 70.1 Å². The van der Waals surface area contributed by atoms with E-state index in [4.69, 9.17) is 0 Å². The fourth-order valence-corrected chi connectivity index (χ4v) is 15.2. The van der Waals surface area contributed by atoms with Crippen LogP contribution in [0.25, 0.3) is 0 Å². The van der Waals surface area contributed by atoms with Crippen molar-refractivity contribution in [3.63, 3.8) is 0 Å². The van der Waals surface area contributed by atoms with Gasteiger partial charge in [0.25, 0.3) is 0 Å². The van der Waals surface area contributed by atoms with E-state index >= 15 is 0 Å². The Morgan fingerprint density at radius 1 is 0.982 bits per heavy atom. The summed E-state index contributed by atoms with van der Waals surface area (Å²) in [6.45, 7) is 30.7. The Labute approximate surface area is 340 Å². The third kappa shape index (κ3) is 8.99. The molecule has 8 atom stereocenters. The summed E-state index contributed by atoms with van der Waals surface area (Å²) >= 11 is 0. The maximum atomic E-state index is 13.4. The van der Waals surface area contributed by atoms with Gasteiger partial charge in [0.15, 0.2) is 0 Å². The van der Waals surface area contributed by atoms with E-state index in [1.165, 1.54) is 68.9 Å². The number of halogens is 1. The molecule has 1 aliphatic heterocycles. The van der Waals surface area contributed by atoms with Crippen LogP contribution in [0.15, 0.2) is 36.0 Å². The van der Waals surface area contributed by atoms with Gasteiger partial charge in [-0.3, -0.25) is 18.3 Å². The first-order chi connectivity index (χ1) is 26.0. The maximum absolute atomic E-state index is 13.4. The average molecular weight is 787 g/mol. The van der Waals surface area contributed by atoms with Gasteiger partial charge in [0, 0.05) is 60.4 Å². The first-order valence-corrected chi connectivity index (χ1v) is 24.0. The molecule has 4 saturated carbocycles. The Bertz CT molecular complexity index is 1400. The maximum Gasteiger partial charge on any atom is 0.303 e. The summed E-state index contributed by atoms with van der Waals surface area (Å²) in [5.41, 5.74) is 4.01. The van der Waals surface area contributed by atoms with Crippen LogP contribution < -0.4 is 5.32 Å². The molecule has 0 radical (unpaired) electrons. The van der Waals surface area contributed by atoms with Gasteiger partial charge >= 0.3 is 5.97 Å². The van der Waals surface area contributed by atoms with Crippen LogP contribution in [0.5, 0.6) is 0 Å². The van der Waals surface area contributed by atoms with Crippen molar-refractivity contribution in [3.8, 4) is 0 Å². The number of allylic oxidation sites excluding steroid dienone is 5. The zero-order valence-electron chi connectivity index (χ0n) is 37.1. The zero-order valence-corrected chi connectivity index (χ0v) is 37.9. The summed E-state index contributed by atoms with van der Waals surface area (Å²) in [4.78, 5) is 13.9. The number of aliphatic carboxylic acids is 1. The first kappa shape index (κ1) is 46.4. The van der Waals surface area contributed by atoms with Gasteiger partial charge in [0.1, 0.15) is 0 Å². The number of carboxylic acid groups (broad SMARTS) is 1. The van der Waals surface area contributed by atoms with E-state index in [1.807, 2.05) is 20.8 Å². The predicted octanol–water partition coefficient (Wildman–Crippen LogP) is 11.6. The quantitative estimate of drug-likeness (QED) is 0.193. The van der Waals surface area contributed by atoms with Gasteiger partial charge in [0.2, 0.25) is 0 Å². The number of alkyl halides is 1. The van der Waals surface area contributed by atoms with Crippen molar-refractivity contribution in [2.24, 2.45) is 50.7 Å². The molecule has 5 aliphatic carbocycles. The van der Waals surface area contributed by atoms with Crippen molar-refractivity contribution in [3.05, 3.63) is 36.0 Å². The standard InChI is InChI=1S/C43H71FN2O3S.C3H6.C2H6/c1-38(2,46-25-27-50(49)28-26-46)29-45-30-43-19-9-13-34(43)33-15-16-36-40(5)20-17-32(31(12-10-24-44)11-8-14-37(47)48)39(3,4)35(40)18-21-42(36,7)41(33,6)22-23-43;1-3-2;1-2/h12,17,33-36,45H,8-11,13-16,18-30H2,1-7H3,(H,47,48);3H,1H2,2H3;1-2H3/b31-12+;;/t33-,34-,35?,36?,40+,41-,42-,43-;;/m1../s1. The Morgan fingerprint density at radius 2 is 1.65 bits per heavy atom. The second kappa shape index (κ2) is 18.7. The van der Waals surface area contributed by atoms with E-state index in [0.29, 0.717) is 40.9 Å². The third-order valence-electron chi connectivity index (χ3n) is 16.9. The van der Waals surface area contributed by atoms with Crippen molar-refractivity contribution >= 4 is 16.8 Å². The SMILES string of the molecule is C=CC.CC.CC1(C)C(/C(=C/CCF)CCCC(=O)O)=CC[C@@]2(C)C1CC[C@]1(C)C2CC[C@@H]2[C@H]3CCC[C@]3(CNCC(C)(C)N3CCS(=O)CC3)CC[C@]21C. The molecule has 0 aromatic heterocycles. The van der Waals surface area contributed by atoms with Gasteiger partial charge in [-0.25, -0.2) is 0 Å². The van der Waals surface area contributed by atoms with Crippen LogP contribution in [0.4, 0.5) is 4.39 Å². The van der Waals surface area contributed by atoms with Crippen molar-refractivity contribution in [1.82, 2.24) is 10.2 Å². The monoisotopic (exact) mass is 787 g/mol. The van der Waals surface area contributed by atoms with Crippen LogP contribution in [0, 0.1) is 50.7 Å². The summed E-state index contributed by atoms with van der Waals surface area (Å²) in [6.07, 6.45) is 21.5. The minimum Gasteiger partial charge on any atom is -0.481 e.